The van der Waals surface area contributed by atoms with Gasteiger partial charge in [-0.15, -0.1) is 0 Å². The standard InChI is InChI=1S/C22H26O7/c1-7-8-14-9-18(27-5)22(19(10-14)28-6)29-13(2)20(23)15-11-16(25-3)21(24)17(12-15)26-4/h7-13,24H,1-6H3/b8-7+/t13-/m1/s1. The number of methoxy groups -OCH3 is 4. The molecule has 0 saturated carbocycles. The van der Waals surface area contributed by atoms with Crippen molar-refractivity contribution in [3.63, 3.8) is 0 Å². The average molecular weight is 402 g/mol. The zero-order chi connectivity index (χ0) is 21.6. The second kappa shape index (κ2) is 9.73. The number of carbonyl (C=O) groups is 1. The van der Waals surface area contributed by atoms with Gasteiger partial charge < -0.3 is 28.8 Å². The number of rotatable bonds is 9. The molecule has 0 fully saturated rings. The fraction of sp³-hybridized carbons (Fsp3) is 0.318. The molecule has 2 rings (SSSR count). The second-order valence-electron chi connectivity index (χ2n) is 6.11. The first-order valence-electron chi connectivity index (χ1n) is 8.94. The maximum absolute atomic E-state index is 13.0. The molecular formula is C22H26O7. The van der Waals surface area contributed by atoms with Crippen molar-refractivity contribution >= 4 is 11.9 Å². The predicted octanol–water partition coefficient (Wildman–Crippen LogP) is 4.11. The van der Waals surface area contributed by atoms with E-state index in [-0.39, 0.29) is 28.6 Å². The molecule has 0 unspecified atom stereocenters. The highest BCUT2D eigenvalue weighted by molar-refractivity contribution is 6.00. The quantitative estimate of drug-likeness (QED) is 0.632. The molecule has 0 radical (unpaired) electrons. The minimum Gasteiger partial charge on any atom is -0.502 e. The van der Waals surface area contributed by atoms with Crippen molar-refractivity contribution in [3.05, 3.63) is 41.5 Å². The van der Waals surface area contributed by atoms with Crippen LogP contribution in [0, 0.1) is 0 Å². The second-order valence-corrected chi connectivity index (χ2v) is 6.11. The molecule has 29 heavy (non-hydrogen) atoms. The van der Waals surface area contributed by atoms with E-state index in [2.05, 4.69) is 0 Å². The van der Waals surface area contributed by atoms with Crippen LogP contribution in [0.15, 0.2) is 30.3 Å². The SMILES string of the molecule is C/C=C/c1cc(OC)c(O[C@H](C)C(=O)c2cc(OC)c(O)c(OC)c2)c(OC)c1. The van der Waals surface area contributed by atoms with E-state index in [4.69, 9.17) is 23.7 Å². The van der Waals surface area contributed by atoms with Gasteiger partial charge in [-0.2, -0.15) is 0 Å². The van der Waals surface area contributed by atoms with E-state index in [0.717, 1.165) is 5.56 Å². The number of hydrogen-bond donors (Lipinski definition) is 1. The number of ketones is 1. The van der Waals surface area contributed by atoms with E-state index in [1.807, 2.05) is 19.1 Å². The lowest BCUT2D eigenvalue weighted by atomic mass is 10.1. The molecule has 0 aromatic heterocycles. The Morgan fingerprint density at radius 1 is 0.897 bits per heavy atom. The van der Waals surface area contributed by atoms with Crippen molar-refractivity contribution in [1.29, 1.82) is 0 Å². The number of allylic oxidation sites excluding steroid dienone is 1. The Balaban J connectivity index is 2.39. The largest absolute Gasteiger partial charge is 0.502 e. The molecule has 0 saturated heterocycles. The van der Waals surface area contributed by atoms with Gasteiger partial charge in [0.05, 0.1) is 28.4 Å². The van der Waals surface area contributed by atoms with Crippen LogP contribution in [0.25, 0.3) is 6.08 Å². The molecule has 1 N–H and O–H groups in total. The molecule has 1 atom stereocenters. The molecular weight excluding hydrogens is 376 g/mol. The van der Waals surface area contributed by atoms with Crippen LogP contribution in [-0.2, 0) is 0 Å². The predicted molar refractivity (Wildman–Crippen MR) is 110 cm³/mol. The smallest absolute Gasteiger partial charge is 0.204 e. The van der Waals surface area contributed by atoms with Crippen LogP contribution < -0.4 is 23.7 Å². The summed E-state index contributed by atoms with van der Waals surface area (Å²) in [6.45, 7) is 3.52. The molecule has 0 bridgehead atoms. The molecule has 0 amide bonds. The van der Waals surface area contributed by atoms with Crippen molar-refractivity contribution < 1.29 is 33.6 Å². The van der Waals surface area contributed by atoms with Crippen LogP contribution >= 0.6 is 0 Å². The Kier molecular flexibility index (Phi) is 7.36. The van der Waals surface area contributed by atoms with Gasteiger partial charge in [0.1, 0.15) is 0 Å². The lowest BCUT2D eigenvalue weighted by molar-refractivity contribution is 0.0808. The van der Waals surface area contributed by atoms with E-state index in [1.54, 1.807) is 19.1 Å². The third-order valence-corrected chi connectivity index (χ3v) is 4.27. The number of phenolic OH excluding ortho intramolecular Hbond substituents is 1. The van der Waals surface area contributed by atoms with Crippen LogP contribution in [-0.4, -0.2) is 45.4 Å². The summed E-state index contributed by atoms with van der Waals surface area (Å²) in [7, 11) is 5.82. The van der Waals surface area contributed by atoms with E-state index in [9.17, 15) is 9.90 Å². The van der Waals surface area contributed by atoms with Gasteiger partial charge in [0.25, 0.3) is 0 Å². The number of aromatic hydroxyl groups is 1. The van der Waals surface area contributed by atoms with Crippen molar-refractivity contribution in [2.75, 3.05) is 28.4 Å². The van der Waals surface area contributed by atoms with Gasteiger partial charge in [-0.1, -0.05) is 12.2 Å². The van der Waals surface area contributed by atoms with Crippen molar-refractivity contribution in [3.8, 4) is 34.5 Å². The summed E-state index contributed by atoms with van der Waals surface area (Å²) in [6.07, 6.45) is 2.93. The van der Waals surface area contributed by atoms with Crippen LogP contribution in [0.2, 0.25) is 0 Å². The van der Waals surface area contributed by atoms with Crippen LogP contribution in [0.4, 0.5) is 0 Å². The summed E-state index contributed by atoms with van der Waals surface area (Å²) in [5.41, 5.74) is 1.15. The number of Topliss-reactive ketones (excluding diaryl/α,β-unsaturated/α-hetero) is 1. The Morgan fingerprint density at radius 3 is 1.79 bits per heavy atom. The van der Waals surface area contributed by atoms with Gasteiger partial charge in [0.15, 0.2) is 29.1 Å². The molecule has 2 aromatic carbocycles. The first-order chi connectivity index (χ1) is 13.9. The molecule has 0 heterocycles. The molecule has 7 nitrogen and oxygen atoms in total. The zero-order valence-electron chi connectivity index (χ0n) is 17.4. The minimum atomic E-state index is -0.871. The van der Waals surface area contributed by atoms with Crippen LogP contribution in [0.3, 0.4) is 0 Å². The molecule has 0 aliphatic rings. The van der Waals surface area contributed by atoms with Crippen LogP contribution in [0.1, 0.15) is 29.8 Å². The molecule has 7 heteroatoms. The first kappa shape index (κ1) is 21.9. The maximum Gasteiger partial charge on any atom is 0.204 e. The van der Waals surface area contributed by atoms with Crippen LogP contribution in [0.5, 0.6) is 34.5 Å². The summed E-state index contributed by atoms with van der Waals surface area (Å²) in [5, 5.41) is 10.0. The highest BCUT2D eigenvalue weighted by atomic mass is 16.5. The summed E-state index contributed by atoms with van der Waals surface area (Å²) in [4.78, 5) is 13.0. The van der Waals surface area contributed by atoms with Crippen molar-refractivity contribution in [2.45, 2.75) is 20.0 Å². The monoisotopic (exact) mass is 402 g/mol. The zero-order valence-corrected chi connectivity index (χ0v) is 17.4. The van der Waals surface area contributed by atoms with E-state index in [0.29, 0.717) is 17.2 Å². The number of ether oxygens (including phenoxy) is 5. The first-order valence-corrected chi connectivity index (χ1v) is 8.94. The highest BCUT2D eigenvalue weighted by Crippen LogP contribution is 2.41. The molecule has 0 aliphatic carbocycles. The van der Waals surface area contributed by atoms with Gasteiger partial charge >= 0.3 is 0 Å². The molecule has 0 spiro atoms. The topological polar surface area (TPSA) is 83.5 Å². The maximum atomic E-state index is 13.0. The fourth-order valence-corrected chi connectivity index (χ4v) is 2.81. The number of benzene rings is 2. The Morgan fingerprint density at radius 2 is 1.38 bits per heavy atom. The highest BCUT2D eigenvalue weighted by Gasteiger charge is 2.24. The normalized spacial score (nSPS) is 11.8. The third kappa shape index (κ3) is 4.74. The number of phenols is 1. The lowest BCUT2D eigenvalue weighted by Crippen LogP contribution is -2.24. The molecule has 2 aromatic rings. The molecule has 156 valence electrons. The van der Waals surface area contributed by atoms with Gasteiger partial charge in [0, 0.05) is 5.56 Å². The van der Waals surface area contributed by atoms with Gasteiger partial charge in [-0.05, 0) is 43.7 Å². The van der Waals surface area contributed by atoms with Gasteiger partial charge in [0.2, 0.25) is 17.3 Å². The van der Waals surface area contributed by atoms with Crippen molar-refractivity contribution in [2.24, 2.45) is 0 Å². The number of hydrogen-bond acceptors (Lipinski definition) is 7. The molecule has 0 aliphatic heterocycles. The third-order valence-electron chi connectivity index (χ3n) is 4.27. The van der Waals surface area contributed by atoms with E-state index < -0.39 is 6.10 Å². The lowest BCUT2D eigenvalue weighted by Gasteiger charge is -2.20. The minimum absolute atomic E-state index is 0.130. The number of carbonyl (C=O) groups excluding carboxylic acids is 1. The Labute approximate surface area is 170 Å². The average Bonchev–Trinajstić information content (AvgIpc) is 2.74. The van der Waals surface area contributed by atoms with Gasteiger partial charge in [-0.25, -0.2) is 0 Å². The fourth-order valence-electron chi connectivity index (χ4n) is 2.81. The van der Waals surface area contributed by atoms with Crippen molar-refractivity contribution in [1.82, 2.24) is 0 Å². The Bertz CT molecular complexity index is 852. The summed E-state index contributed by atoms with van der Waals surface area (Å²) in [6, 6.07) is 6.45. The van der Waals surface area contributed by atoms with E-state index >= 15 is 0 Å². The van der Waals surface area contributed by atoms with E-state index in [1.165, 1.54) is 40.6 Å². The Hall–Kier alpha value is -3.35. The van der Waals surface area contributed by atoms with Gasteiger partial charge in [-0.3, -0.25) is 4.79 Å². The summed E-state index contributed by atoms with van der Waals surface area (Å²) >= 11 is 0. The summed E-state index contributed by atoms with van der Waals surface area (Å²) in [5.74, 6) is 0.959. The summed E-state index contributed by atoms with van der Waals surface area (Å²) < 4.78 is 27.0.